The minimum Gasteiger partial charge on any atom is -0.494 e. The summed E-state index contributed by atoms with van der Waals surface area (Å²) in [5.41, 5.74) is 1.45. The number of hydrogen-bond donors (Lipinski definition) is 0. The number of benzene rings is 2. The van der Waals surface area contributed by atoms with Gasteiger partial charge in [-0.25, -0.2) is 0 Å². The summed E-state index contributed by atoms with van der Waals surface area (Å²) in [4.78, 5) is 17.4. The lowest BCUT2D eigenvalue weighted by Crippen LogP contribution is -2.16. The fraction of sp³-hybridized carbons (Fsp3) is 0.222. The molecule has 0 bridgehead atoms. The lowest BCUT2D eigenvalue weighted by molar-refractivity contribution is 0.0998. The number of thiazole rings is 1. The van der Waals surface area contributed by atoms with Gasteiger partial charge in [0.1, 0.15) is 5.75 Å². The zero-order chi connectivity index (χ0) is 17.1. The van der Waals surface area contributed by atoms with Crippen molar-refractivity contribution in [2.24, 2.45) is 4.99 Å². The summed E-state index contributed by atoms with van der Waals surface area (Å²) in [6.45, 7) is 5.22. The van der Waals surface area contributed by atoms with Crippen LogP contribution in [0, 0.1) is 0 Å². The van der Waals surface area contributed by atoms with Gasteiger partial charge in [-0.15, -0.1) is 0 Å². The van der Waals surface area contributed by atoms with Gasteiger partial charge in [-0.05, 0) is 50.2 Å². The van der Waals surface area contributed by atoms with E-state index in [1.54, 1.807) is 24.3 Å². The van der Waals surface area contributed by atoms with Crippen LogP contribution in [0.15, 0.2) is 47.5 Å². The quantitative estimate of drug-likeness (QED) is 0.686. The van der Waals surface area contributed by atoms with Gasteiger partial charge in [-0.1, -0.05) is 29.0 Å². The Morgan fingerprint density at radius 1 is 1.21 bits per heavy atom. The van der Waals surface area contributed by atoms with E-state index in [1.165, 1.54) is 11.3 Å². The average Bonchev–Trinajstić information content (AvgIpc) is 2.94. The van der Waals surface area contributed by atoms with E-state index in [0.29, 0.717) is 28.5 Å². The van der Waals surface area contributed by atoms with Crippen molar-refractivity contribution in [2.75, 3.05) is 6.61 Å². The minimum absolute atomic E-state index is 0.275. The van der Waals surface area contributed by atoms with E-state index in [0.717, 1.165) is 16.0 Å². The number of para-hydroxylation sites is 1. The van der Waals surface area contributed by atoms with Crippen molar-refractivity contribution in [1.29, 1.82) is 0 Å². The number of aromatic nitrogens is 1. The Kier molecular flexibility index (Phi) is 5.02. The Morgan fingerprint density at radius 3 is 2.62 bits per heavy atom. The fourth-order valence-corrected chi connectivity index (χ4v) is 3.93. The summed E-state index contributed by atoms with van der Waals surface area (Å²) < 4.78 is 8.37. The Balaban J connectivity index is 2.03. The number of rotatable bonds is 4. The van der Waals surface area contributed by atoms with Gasteiger partial charge < -0.3 is 9.30 Å². The normalized spacial score (nSPS) is 11.9. The number of hydrogen-bond acceptors (Lipinski definition) is 3. The molecule has 0 aliphatic carbocycles. The third kappa shape index (κ3) is 3.23. The van der Waals surface area contributed by atoms with Gasteiger partial charge in [-0.3, -0.25) is 4.79 Å². The molecule has 0 N–H and O–H groups in total. The topological polar surface area (TPSA) is 43.6 Å². The van der Waals surface area contributed by atoms with Crippen molar-refractivity contribution in [3.8, 4) is 5.75 Å². The smallest absolute Gasteiger partial charge is 0.279 e. The van der Waals surface area contributed by atoms with Crippen molar-refractivity contribution in [2.45, 2.75) is 20.4 Å². The molecule has 3 aromatic rings. The number of nitrogens with zero attached hydrogens (tertiary/aromatic N) is 2. The molecule has 6 heteroatoms. The van der Waals surface area contributed by atoms with Gasteiger partial charge in [0.25, 0.3) is 5.91 Å². The standard InChI is InChI=1S/C18H17ClN2O2S/c1-3-21-16-14(19)6-5-7-15(16)24-18(21)20-17(22)12-8-10-13(11-9-12)23-4-2/h5-11H,3-4H2,1-2H3. The molecule has 0 aliphatic rings. The van der Waals surface area contributed by atoms with Crippen LogP contribution in [0.1, 0.15) is 24.2 Å². The molecule has 1 heterocycles. The second-order valence-corrected chi connectivity index (χ2v) is 6.51. The third-order valence-electron chi connectivity index (χ3n) is 3.58. The van der Waals surface area contributed by atoms with Crippen LogP contribution in [-0.2, 0) is 6.54 Å². The maximum Gasteiger partial charge on any atom is 0.279 e. The first-order valence-electron chi connectivity index (χ1n) is 7.73. The lowest BCUT2D eigenvalue weighted by Gasteiger charge is -2.03. The predicted octanol–water partition coefficient (Wildman–Crippen LogP) is 4.52. The van der Waals surface area contributed by atoms with E-state index in [9.17, 15) is 4.79 Å². The molecule has 2 aromatic carbocycles. The van der Waals surface area contributed by atoms with Crippen LogP contribution >= 0.6 is 22.9 Å². The summed E-state index contributed by atoms with van der Waals surface area (Å²) in [5, 5.41) is 0.667. The average molecular weight is 361 g/mol. The summed E-state index contributed by atoms with van der Waals surface area (Å²) in [7, 11) is 0. The number of halogens is 1. The summed E-state index contributed by atoms with van der Waals surface area (Å²) in [6.07, 6.45) is 0. The monoisotopic (exact) mass is 360 g/mol. The molecule has 0 saturated carbocycles. The molecule has 0 saturated heterocycles. The van der Waals surface area contributed by atoms with E-state index in [-0.39, 0.29) is 5.91 Å². The second kappa shape index (κ2) is 7.20. The maximum atomic E-state index is 12.5. The van der Waals surface area contributed by atoms with Crippen LogP contribution in [-0.4, -0.2) is 17.1 Å². The number of fused-ring (bicyclic) bond motifs is 1. The van der Waals surface area contributed by atoms with Crippen LogP contribution in [0.3, 0.4) is 0 Å². The third-order valence-corrected chi connectivity index (χ3v) is 4.93. The van der Waals surface area contributed by atoms with E-state index >= 15 is 0 Å². The molecule has 0 radical (unpaired) electrons. The highest BCUT2D eigenvalue weighted by molar-refractivity contribution is 7.16. The Morgan fingerprint density at radius 2 is 1.96 bits per heavy atom. The van der Waals surface area contributed by atoms with Crippen LogP contribution in [0.25, 0.3) is 10.2 Å². The van der Waals surface area contributed by atoms with Crippen molar-refractivity contribution in [1.82, 2.24) is 4.57 Å². The molecule has 1 amide bonds. The highest BCUT2D eigenvalue weighted by atomic mass is 35.5. The van der Waals surface area contributed by atoms with Crippen LogP contribution in [0.5, 0.6) is 5.75 Å². The van der Waals surface area contributed by atoms with Gasteiger partial charge in [0.15, 0.2) is 4.80 Å². The molecule has 3 rings (SSSR count). The maximum absolute atomic E-state index is 12.5. The molecule has 0 aliphatic heterocycles. The summed E-state index contributed by atoms with van der Waals surface area (Å²) in [6, 6.07) is 12.8. The summed E-state index contributed by atoms with van der Waals surface area (Å²) >= 11 is 7.76. The number of aryl methyl sites for hydroxylation is 1. The minimum atomic E-state index is -0.275. The highest BCUT2D eigenvalue weighted by Crippen LogP contribution is 2.25. The van der Waals surface area contributed by atoms with Crippen molar-refractivity contribution in [3.63, 3.8) is 0 Å². The number of amides is 1. The van der Waals surface area contributed by atoms with E-state index in [4.69, 9.17) is 16.3 Å². The Hall–Kier alpha value is -2.11. The van der Waals surface area contributed by atoms with Crippen LogP contribution < -0.4 is 9.54 Å². The van der Waals surface area contributed by atoms with E-state index in [2.05, 4.69) is 4.99 Å². The fourth-order valence-electron chi connectivity index (χ4n) is 2.48. The lowest BCUT2D eigenvalue weighted by atomic mass is 10.2. The zero-order valence-corrected chi connectivity index (χ0v) is 15.0. The van der Waals surface area contributed by atoms with E-state index < -0.39 is 0 Å². The summed E-state index contributed by atoms with van der Waals surface area (Å²) in [5.74, 6) is 0.467. The van der Waals surface area contributed by atoms with Crippen molar-refractivity contribution >= 4 is 39.1 Å². The van der Waals surface area contributed by atoms with Gasteiger partial charge in [-0.2, -0.15) is 4.99 Å². The molecular weight excluding hydrogens is 344 g/mol. The largest absolute Gasteiger partial charge is 0.494 e. The van der Waals surface area contributed by atoms with Gasteiger partial charge in [0, 0.05) is 12.1 Å². The first-order chi connectivity index (χ1) is 11.6. The van der Waals surface area contributed by atoms with E-state index in [1.807, 2.05) is 36.6 Å². The number of carbonyl (C=O) groups excluding carboxylic acids is 1. The molecule has 0 spiro atoms. The molecular formula is C18H17ClN2O2S. The first-order valence-corrected chi connectivity index (χ1v) is 8.93. The predicted molar refractivity (Wildman–Crippen MR) is 98.0 cm³/mol. The SMILES string of the molecule is CCOc1ccc(C(=O)N=c2sc3cccc(Cl)c3n2CC)cc1. The molecule has 0 atom stereocenters. The van der Waals surface area contributed by atoms with Crippen molar-refractivity contribution < 1.29 is 9.53 Å². The second-order valence-electron chi connectivity index (χ2n) is 5.09. The Bertz CT molecular complexity index is 942. The molecule has 24 heavy (non-hydrogen) atoms. The number of carbonyl (C=O) groups is 1. The van der Waals surface area contributed by atoms with Crippen molar-refractivity contribution in [3.05, 3.63) is 57.9 Å². The number of ether oxygens (including phenoxy) is 1. The molecule has 0 unspecified atom stereocenters. The Labute approximate surface area is 149 Å². The zero-order valence-electron chi connectivity index (χ0n) is 13.5. The highest BCUT2D eigenvalue weighted by Gasteiger charge is 2.10. The van der Waals surface area contributed by atoms with Crippen LogP contribution in [0.4, 0.5) is 0 Å². The first kappa shape index (κ1) is 16.7. The molecule has 0 fully saturated rings. The molecule has 1 aromatic heterocycles. The van der Waals surface area contributed by atoms with Gasteiger partial charge >= 0.3 is 0 Å². The molecule has 4 nitrogen and oxygen atoms in total. The van der Waals surface area contributed by atoms with Gasteiger partial charge in [0.05, 0.1) is 21.8 Å². The molecule has 124 valence electrons. The van der Waals surface area contributed by atoms with Gasteiger partial charge in [0.2, 0.25) is 0 Å². The van der Waals surface area contributed by atoms with Crippen LogP contribution in [0.2, 0.25) is 5.02 Å².